The Morgan fingerprint density at radius 1 is 1.29 bits per heavy atom. The van der Waals surface area contributed by atoms with E-state index in [2.05, 4.69) is 38.0 Å². The van der Waals surface area contributed by atoms with Gasteiger partial charge in [0.15, 0.2) is 6.61 Å². The number of ether oxygens (including phenoxy) is 1. The van der Waals surface area contributed by atoms with Crippen LogP contribution in [-0.4, -0.2) is 37.7 Å². The van der Waals surface area contributed by atoms with Crippen LogP contribution in [0.1, 0.15) is 38.8 Å². The molecule has 1 aromatic rings. The van der Waals surface area contributed by atoms with E-state index in [1.165, 1.54) is 12.0 Å². The van der Waals surface area contributed by atoms with Crippen LogP contribution in [0, 0.1) is 11.3 Å². The molecular formula is C17H27N3O. The van der Waals surface area contributed by atoms with Crippen molar-refractivity contribution in [3.05, 3.63) is 29.8 Å². The Morgan fingerprint density at radius 3 is 2.52 bits per heavy atom. The molecule has 0 bridgehead atoms. The summed E-state index contributed by atoms with van der Waals surface area (Å²) in [5.41, 5.74) is 1.23. The smallest absolute Gasteiger partial charge is 0.174 e. The molecular weight excluding hydrogens is 262 g/mol. The van der Waals surface area contributed by atoms with E-state index in [0.29, 0.717) is 12.1 Å². The third-order valence-electron chi connectivity index (χ3n) is 3.94. The third kappa shape index (κ3) is 6.16. The number of hydrogen-bond donors (Lipinski definition) is 1. The normalized spacial score (nSPS) is 13.7. The molecule has 1 aromatic carbocycles. The summed E-state index contributed by atoms with van der Waals surface area (Å²) in [5, 5.41) is 12.0. The Bertz CT molecular complexity index is 438. The summed E-state index contributed by atoms with van der Waals surface area (Å²) >= 11 is 0. The van der Waals surface area contributed by atoms with E-state index in [0.717, 1.165) is 18.8 Å². The summed E-state index contributed by atoms with van der Waals surface area (Å²) in [7, 11) is 2.17. The molecule has 0 heterocycles. The lowest BCUT2D eigenvalue weighted by Crippen LogP contribution is -2.35. The van der Waals surface area contributed by atoms with E-state index >= 15 is 0 Å². The topological polar surface area (TPSA) is 48.3 Å². The first-order valence-corrected chi connectivity index (χ1v) is 7.61. The van der Waals surface area contributed by atoms with Crippen LogP contribution in [0.2, 0.25) is 0 Å². The van der Waals surface area contributed by atoms with Gasteiger partial charge in [0, 0.05) is 25.2 Å². The maximum Gasteiger partial charge on any atom is 0.174 e. The molecule has 0 radical (unpaired) electrons. The Balaban J connectivity index is 2.38. The highest BCUT2D eigenvalue weighted by molar-refractivity contribution is 5.29. The molecule has 116 valence electrons. The molecule has 0 aliphatic heterocycles. The number of nitrogens with one attached hydrogen (secondary N) is 1. The molecule has 1 rings (SSSR count). The van der Waals surface area contributed by atoms with Crippen molar-refractivity contribution in [2.45, 2.75) is 39.3 Å². The first-order chi connectivity index (χ1) is 10.1. The van der Waals surface area contributed by atoms with Gasteiger partial charge in [-0.25, -0.2) is 0 Å². The minimum Gasteiger partial charge on any atom is -0.479 e. The van der Waals surface area contributed by atoms with Crippen molar-refractivity contribution < 1.29 is 4.74 Å². The maximum atomic E-state index is 8.48. The molecule has 1 N–H and O–H groups in total. The SMILES string of the molecule is CCC(C)N(C)CCNC(C)c1ccc(OCC#N)cc1. The molecule has 0 aliphatic carbocycles. The highest BCUT2D eigenvalue weighted by atomic mass is 16.5. The van der Waals surface area contributed by atoms with Crippen molar-refractivity contribution in [2.75, 3.05) is 26.7 Å². The van der Waals surface area contributed by atoms with Crippen LogP contribution in [-0.2, 0) is 0 Å². The van der Waals surface area contributed by atoms with Crippen LogP contribution in [0.5, 0.6) is 5.75 Å². The average molecular weight is 289 g/mol. The van der Waals surface area contributed by atoms with Gasteiger partial charge in [0.25, 0.3) is 0 Å². The molecule has 21 heavy (non-hydrogen) atoms. The first kappa shape index (κ1) is 17.5. The fourth-order valence-corrected chi connectivity index (χ4v) is 2.08. The van der Waals surface area contributed by atoms with E-state index in [4.69, 9.17) is 10.00 Å². The number of hydrogen-bond acceptors (Lipinski definition) is 4. The number of rotatable bonds is 9. The predicted molar refractivity (Wildman–Crippen MR) is 86.4 cm³/mol. The minimum absolute atomic E-state index is 0.0924. The molecule has 2 atom stereocenters. The van der Waals surface area contributed by atoms with Crippen molar-refractivity contribution in [3.8, 4) is 11.8 Å². The Morgan fingerprint density at radius 2 is 1.95 bits per heavy atom. The minimum atomic E-state index is 0.0924. The Hall–Kier alpha value is -1.57. The van der Waals surface area contributed by atoms with Crippen molar-refractivity contribution in [3.63, 3.8) is 0 Å². The fraction of sp³-hybridized carbons (Fsp3) is 0.588. The van der Waals surface area contributed by atoms with E-state index in [9.17, 15) is 0 Å². The monoisotopic (exact) mass is 289 g/mol. The highest BCUT2D eigenvalue weighted by Gasteiger charge is 2.08. The third-order valence-corrected chi connectivity index (χ3v) is 3.94. The standard InChI is InChI=1S/C17H27N3O/c1-5-14(2)20(4)12-11-19-15(3)16-6-8-17(9-7-16)21-13-10-18/h6-9,14-15,19H,5,11-13H2,1-4H3. The lowest BCUT2D eigenvalue weighted by Gasteiger charge is -2.24. The molecule has 2 unspecified atom stereocenters. The summed E-state index contributed by atoms with van der Waals surface area (Å²) in [6.07, 6.45) is 1.18. The van der Waals surface area contributed by atoms with Crippen LogP contribution < -0.4 is 10.1 Å². The van der Waals surface area contributed by atoms with Gasteiger partial charge < -0.3 is 15.0 Å². The second kappa shape index (κ2) is 9.38. The summed E-state index contributed by atoms with van der Waals surface area (Å²) in [6, 6.07) is 10.8. The van der Waals surface area contributed by atoms with Crippen LogP contribution in [0.15, 0.2) is 24.3 Å². The second-order valence-corrected chi connectivity index (χ2v) is 5.43. The van der Waals surface area contributed by atoms with E-state index in [1.807, 2.05) is 30.3 Å². The van der Waals surface area contributed by atoms with Gasteiger partial charge in [-0.3, -0.25) is 0 Å². The molecule has 0 aliphatic rings. The number of likely N-dealkylation sites (N-methyl/N-ethyl adjacent to an activating group) is 1. The largest absolute Gasteiger partial charge is 0.479 e. The molecule has 0 aromatic heterocycles. The lowest BCUT2D eigenvalue weighted by molar-refractivity contribution is 0.249. The molecule has 0 fully saturated rings. The number of benzene rings is 1. The van der Waals surface area contributed by atoms with Gasteiger partial charge in [0.05, 0.1) is 0 Å². The van der Waals surface area contributed by atoms with Gasteiger partial charge >= 0.3 is 0 Å². The first-order valence-electron chi connectivity index (χ1n) is 7.61. The van der Waals surface area contributed by atoms with Gasteiger partial charge in [0.2, 0.25) is 0 Å². The van der Waals surface area contributed by atoms with E-state index in [1.54, 1.807) is 0 Å². The maximum absolute atomic E-state index is 8.48. The zero-order chi connectivity index (χ0) is 15.7. The second-order valence-electron chi connectivity index (χ2n) is 5.43. The summed E-state index contributed by atoms with van der Waals surface area (Å²) in [6.45, 7) is 8.73. The number of nitriles is 1. The fourth-order valence-electron chi connectivity index (χ4n) is 2.08. The summed E-state index contributed by atoms with van der Waals surface area (Å²) in [5.74, 6) is 0.740. The van der Waals surface area contributed by atoms with Crippen LogP contribution in [0.25, 0.3) is 0 Å². The Labute approximate surface area is 128 Å². The number of nitrogens with zero attached hydrogens (tertiary/aromatic N) is 2. The highest BCUT2D eigenvalue weighted by Crippen LogP contribution is 2.17. The molecule has 0 saturated carbocycles. The molecule has 0 amide bonds. The van der Waals surface area contributed by atoms with E-state index in [-0.39, 0.29) is 6.61 Å². The Kier molecular flexibility index (Phi) is 7.81. The van der Waals surface area contributed by atoms with Gasteiger partial charge in [-0.1, -0.05) is 19.1 Å². The van der Waals surface area contributed by atoms with Gasteiger partial charge in [-0.05, 0) is 45.0 Å². The summed E-state index contributed by atoms with van der Waals surface area (Å²) in [4.78, 5) is 2.37. The molecule has 0 spiro atoms. The van der Waals surface area contributed by atoms with Gasteiger partial charge in [0.1, 0.15) is 11.8 Å². The van der Waals surface area contributed by atoms with E-state index < -0.39 is 0 Å². The van der Waals surface area contributed by atoms with Crippen molar-refractivity contribution in [1.29, 1.82) is 5.26 Å². The zero-order valence-electron chi connectivity index (χ0n) is 13.6. The average Bonchev–Trinajstić information content (AvgIpc) is 2.52. The van der Waals surface area contributed by atoms with Crippen LogP contribution >= 0.6 is 0 Å². The lowest BCUT2D eigenvalue weighted by atomic mass is 10.1. The van der Waals surface area contributed by atoms with Crippen LogP contribution in [0.4, 0.5) is 0 Å². The predicted octanol–water partition coefficient (Wildman–Crippen LogP) is 2.97. The van der Waals surface area contributed by atoms with Crippen molar-refractivity contribution in [2.24, 2.45) is 0 Å². The molecule has 0 saturated heterocycles. The molecule has 4 nitrogen and oxygen atoms in total. The van der Waals surface area contributed by atoms with Crippen molar-refractivity contribution in [1.82, 2.24) is 10.2 Å². The van der Waals surface area contributed by atoms with Gasteiger partial charge in [-0.2, -0.15) is 5.26 Å². The zero-order valence-corrected chi connectivity index (χ0v) is 13.6. The van der Waals surface area contributed by atoms with Crippen LogP contribution in [0.3, 0.4) is 0 Å². The quantitative estimate of drug-likeness (QED) is 0.759. The van der Waals surface area contributed by atoms with Gasteiger partial charge in [-0.15, -0.1) is 0 Å². The van der Waals surface area contributed by atoms with Crippen molar-refractivity contribution >= 4 is 0 Å². The molecule has 4 heteroatoms. The summed E-state index contributed by atoms with van der Waals surface area (Å²) < 4.78 is 5.25.